The number of amides is 1. The molecule has 1 aliphatic carbocycles. The lowest BCUT2D eigenvalue weighted by molar-refractivity contribution is -0.134. The second kappa shape index (κ2) is 6.01. The molecule has 2 rings (SSSR count). The van der Waals surface area contributed by atoms with Crippen LogP contribution in [0.15, 0.2) is 22.9 Å². The standard InChI is InChI=1S/C14H20BrN3O/c1-9(2)13(16)14(19)18(11-4-5-11)8-10-3-6-12(15)17-7-10/h3,6-7,9,11,13H,4-5,8,16H2,1-2H3. The van der Waals surface area contributed by atoms with E-state index in [9.17, 15) is 4.79 Å². The molecule has 0 saturated heterocycles. The summed E-state index contributed by atoms with van der Waals surface area (Å²) < 4.78 is 0.805. The number of nitrogens with two attached hydrogens (primary N) is 1. The molecule has 1 aliphatic rings. The highest BCUT2D eigenvalue weighted by atomic mass is 79.9. The molecule has 1 amide bonds. The molecule has 4 nitrogen and oxygen atoms in total. The second-order valence-corrected chi connectivity index (χ2v) is 6.27. The van der Waals surface area contributed by atoms with Crippen LogP contribution in [-0.4, -0.2) is 27.9 Å². The maximum absolute atomic E-state index is 12.4. The maximum Gasteiger partial charge on any atom is 0.240 e. The second-order valence-electron chi connectivity index (χ2n) is 5.46. The Kier molecular flexibility index (Phi) is 4.58. The molecule has 1 fully saturated rings. The first-order chi connectivity index (χ1) is 8.99. The monoisotopic (exact) mass is 325 g/mol. The average molecular weight is 326 g/mol. The number of hydrogen-bond donors (Lipinski definition) is 1. The van der Waals surface area contributed by atoms with Crippen LogP contribution < -0.4 is 5.73 Å². The predicted molar refractivity (Wildman–Crippen MR) is 78.3 cm³/mol. The summed E-state index contributed by atoms with van der Waals surface area (Å²) in [7, 11) is 0. The van der Waals surface area contributed by atoms with Crippen LogP contribution in [0.25, 0.3) is 0 Å². The summed E-state index contributed by atoms with van der Waals surface area (Å²) in [6.07, 6.45) is 3.97. The first-order valence-corrected chi connectivity index (χ1v) is 7.45. The van der Waals surface area contributed by atoms with E-state index in [0.717, 1.165) is 23.0 Å². The van der Waals surface area contributed by atoms with E-state index < -0.39 is 6.04 Å². The molecular weight excluding hydrogens is 306 g/mol. The summed E-state index contributed by atoms with van der Waals surface area (Å²) in [6.45, 7) is 4.56. The van der Waals surface area contributed by atoms with Crippen LogP contribution >= 0.6 is 15.9 Å². The van der Waals surface area contributed by atoms with Crippen molar-refractivity contribution in [1.82, 2.24) is 9.88 Å². The minimum atomic E-state index is -0.413. The molecule has 2 N–H and O–H groups in total. The summed E-state index contributed by atoms with van der Waals surface area (Å²) in [6, 6.07) is 3.83. The number of carbonyl (C=O) groups is 1. The van der Waals surface area contributed by atoms with E-state index in [1.165, 1.54) is 0 Å². The van der Waals surface area contributed by atoms with Gasteiger partial charge in [0.05, 0.1) is 6.04 Å². The number of hydrogen-bond acceptors (Lipinski definition) is 3. The van der Waals surface area contributed by atoms with Crippen molar-refractivity contribution in [2.75, 3.05) is 0 Å². The van der Waals surface area contributed by atoms with Crippen LogP contribution in [-0.2, 0) is 11.3 Å². The molecule has 19 heavy (non-hydrogen) atoms. The Morgan fingerprint density at radius 2 is 2.21 bits per heavy atom. The molecule has 1 aromatic heterocycles. The van der Waals surface area contributed by atoms with Crippen molar-refractivity contribution < 1.29 is 4.79 Å². The highest BCUT2D eigenvalue weighted by molar-refractivity contribution is 9.10. The van der Waals surface area contributed by atoms with Gasteiger partial charge in [0.1, 0.15) is 4.60 Å². The SMILES string of the molecule is CC(C)C(N)C(=O)N(Cc1ccc(Br)nc1)C1CC1. The van der Waals surface area contributed by atoms with Gasteiger partial charge < -0.3 is 10.6 Å². The Labute approximate surface area is 122 Å². The lowest BCUT2D eigenvalue weighted by Crippen LogP contribution is -2.47. The first kappa shape index (κ1) is 14.5. The van der Waals surface area contributed by atoms with E-state index in [0.29, 0.717) is 12.6 Å². The molecule has 5 heteroatoms. The molecular formula is C14H20BrN3O. The normalized spacial score (nSPS) is 16.5. The quantitative estimate of drug-likeness (QED) is 0.845. The number of nitrogens with zero attached hydrogens (tertiary/aromatic N) is 2. The molecule has 1 atom stereocenters. The highest BCUT2D eigenvalue weighted by Crippen LogP contribution is 2.29. The van der Waals surface area contributed by atoms with Gasteiger partial charge in [-0.25, -0.2) is 4.98 Å². The van der Waals surface area contributed by atoms with E-state index in [4.69, 9.17) is 5.73 Å². The van der Waals surface area contributed by atoms with Crippen molar-refractivity contribution in [3.63, 3.8) is 0 Å². The fourth-order valence-electron chi connectivity index (χ4n) is 1.95. The molecule has 0 radical (unpaired) electrons. The average Bonchev–Trinajstić information content (AvgIpc) is 3.20. The summed E-state index contributed by atoms with van der Waals surface area (Å²) >= 11 is 3.31. The number of aromatic nitrogens is 1. The molecule has 1 heterocycles. The fourth-order valence-corrected chi connectivity index (χ4v) is 2.18. The third-order valence-electron chi connectivity index (χ3n) is 3.42. The Morgan fingerprint density at radius 1 is 1.53 bits per heavy atom. The van der Waals surface area contributed by atoms with Gasteiger partial charge in [0.25, 0.3) is 0 Å². The number of carbonyl (C=O) groups excluding carboxylic acids is 1. The molecule has 0 aliphatic heterocycles. The zero-order chi connectivity index (χ0) is 14.0. The summed E-state index contributed by atoms with van der Waals surface area (Å²) in [5.41, 5.74) is 7.03. The van der Waals surface area contributed by atoms with Crippen LogP contribution in [0.3, 0.4) is 0 Å². The van der Waals surface area contributed by atoms with Crippen molar-refractivity contribution in [2.24, 2.45) is 11.7 Å². The van der Waals surface area contributed by atoms with Crippen molar-refractivity contribution in [3.8, 4) is 0 Å². The molecule has 104 valence electrons. The van der Waals surface area contributed by atoms with Crippen LogP contribution in [0.5, 0.6) is 0 Å². The third kappa shape index (κ3) is 3.76. The van der Waals surface area contributed by atoms with Gasteiger partial charge in [0.15, 0.2) is 0 Å². The van der Waals surface area contributed by atoms with Crippen LogP contribution in [0.1, 0.15) is 32.3 Å². The molecule has 1 saturated carbocycles. The Bertz CT molecular complexity index is 443. The van der Waals surface area contributed by atoms with Crippen LogP contribution in [0.4, 0.5) is 0 Å². The van der Waals surface area contributed by atoms with Crippen LogP contribution in [0.2, 0.25) is 0 Å². The van der Waals surface area contributed by atoms with Gasteiger partial charge in [-0.05, 0) is 46.3 Å². The van der Waals surface area contributed by atoms with Gasteiger partial charge in [-0.2, -0.15) is 0 Å². The number of pyridine rings is 1. The molecule has 0 spiro atoms. The Morgan fingerprint density at radius 3 is 2.68 bits per heavy atom. The van der Waals surface area contributed by atoms with Gasteiger partial charge >= 0.3 is 0 Å². The van der Waals surface area contributed by atoms with Gasteiger partial charge in [-0.15, -0.1) is 0 Å². The molecule has 0 bridgehead atoms. The lowest BCUT2D eigenvalue weighted by atomic mass is 10.0. The van der Waals surface area contributed by atoms with Gasteiger partial charge in [-0.1, -0.05) is 19.9 Å². The summed E-state index contributed by atoms with van der Waals surface area (Å²) in [5.74, 6) is 0.220. The predicted octanol–water partition coefficient (Wildman–Crippen LogP) is 2.32. The topological polar surface area (TPSA) is 59.2 Å². The zero-order valence-electron chi connectivity index (χ0n) is 11.3. The van der Waals surface area contributed by atoms with Gasteiger partial charge in [-0.3, -0.25) is 4.79 Å². The maximum atomic E-state index is 12.4. The Balaban J connectivity index is 2.08. The van der Waals surface area contributed by atoms with E-state index in [1.807, 2.05) is 30.9 Å². The zero-order valence-corrected chi connectivity index (χ0v) is 12.9. The number of halogens is 1. The molecule has 1 unspecified atom stereocenters. The number of rotatable bonds is 5. The lowest BCUT2D eigenvalue weighted by Gasteiger charge is -2.27. The third-order valence-corrected chi connectivity index (χ3v) is 3.88. The fraction of sp³-hybridized carbons (Fsp3) is 0.571. The van der Waals surface area contributed by atoms with E-state index in [1.54, 1.807) is 6.20 Å². The summed E-state index contributed by atoms with van der Waals surface area (Å²) in [4.78, 5) is 18.5. The van der Waals surface area contributed by atoms with Crippen molar-refractivity contribution in [1.29, 1.82) is 0 Å². The minimum absolute atomic E-state index is 0.0559. The van der Waals surface area contributed by atoms with Gasteiger partial charge in [0.2, 0.25) is 5.91 Å². The molecule has 0 aromatic carbocycles. The van der Waals surface area contributed by atoms with E-state index in [2.05, 4.69) is 20.9 Å². The highest BCUT2D eigenvalue weighted by Gasteiger charge is 2.35. The Hall–Kier alpha value is -0.940. The van der Waals surface area contributed by atoms with E-state index in [-0.39, 0.29) is 11.8 Å². The van der Waals surface area contributed by atoms with Crippen molar-refractivity contribution in [3.05, 3.63) is 28.5 Å². The van der Waals surface area contributed by atoms with Gasteiger partial charge in [0, 0.05) is 18.8 Å². The van der Waals surface area contributed by atoms with Crippen molar-refractivity contribution >= 4 is 21.8 Å². The molecule has 1 aromatic rings. The van der Waals surface area contributed by atoms with E-state index >= 15 is 0 Å². The van der Waals surface area contributed by atoms with Crippen LogP contribution in [0, 0.1) is 5.92 Å². The minimum Gasteiger partial charge on any atom is -0.334 e. The first-order valence-electron chi connectivity index (χ1n) is 6.65. The largest absolute Gasteiger partial charge is 0.334 e. The summed E-state index contributed by atoms with van der Waals surface area (Å²) in [5, 5.41) is 0. The van der Waals surface area contributed by atoms with Crippen molar-refractivity contribution in [2.45, 2.75) is 45.3 Å². The smallest absolute Gasteiger partial charge is 0.240 e.